The Morgan fingerprint density at radius 3 is 1.23 bits per heavy atom. The maximum Gasteiger partial charge on any atom is 0.220 e. The molecule has 0 saturated heterocycles. The van der Waals surface area contributed by atoms with E-state index < -0.39 is 18.2 Å². The van der Waals surface area contributed by atoms with E-state index in [2.05, 4.69) is 31.3 Å². The number of hydrogen-bond acceptors (Lipinski definition) is 4. The number of carbonyl (C=O) groups is 1. The van der Waals surface area contributed by atoms with Crippen LogP contribution in [0.2, 0.25) is 0 Å². The van der Waals surface area contributed by atoms with Crippen LogP contribution in [0.4, 0.5) is 0 Å². The van der Waals surface area contributed by atoms with E-state index in [9.17, 15) is 20.1 Å². The predicted molar refractivity (Wildman–Crippen MR) is 204 cm³/mol. The summed E-state index contributed by atoms with van der Waals surface area (Å²) < 4.78 is 0. The standard InChI is InChI=1S/C42H83NO4/c1-3-5-7-9-11-13-14-15-16-17-18-19-20-21-22-23-24-25-26-27-28-29-31-33-35-37-41(46)43-39(38-44)42(47)40(45)36-34-32-30-12-10-8-6-4-2/h12,30,39-40,42,44-45,47H,3-11,13-29,31-38H2,1-2H3,(H,43,46)/b30-12+. The fraction of sp³-hybridized carbons (Fsp3) is 0.929. The van der Waals surface area contributed by atoms with Crippen LogP contribution in [0.3, 0.4) is 0 Å². The summed E-state index contributed by atoms with van der Waals surface area (Å²) in [5, 5.41) is 33.2. The normalized spacial score (nSPS) is 13.7. The molecule has 3 unspecified atom stereocenters. The van der Waals surface area contributed by atoms with Gasteiger partial charge in [0.05, 0.1) is 18.8 Å². The van der Waals surface area contributed by atoms with Crippen molar-refractivity contribution in [3.05, 3.63) is 12.2 Å². The van der Waals surface area contributed by atoms with Crippen LogP contribution >= 0.6 is 0 Å². The van der Waals surface area contributed by atoms with Gasteiger partial charge in [0.1, 0.15) is 6.10 Å². The Kier molecular flexibility index (Phi) is 37.2. The van der Waals surface area contributed by atoms with Gasteiger partial charge in [-0.05, 0) is 38.5 Å². The van der Waals surface area contributed by atoms with Crippen molar-refractivity contribution in [2.75, 3.05) is 6.61 Å². The van der Waals surface area contributed by atoms with E-state index in [1.807, 2.05) is 0 Å². The SMILES string of the molecule is CCCCC/C=C/CCCC(O)C(O)C(CO)NC(=O)CCCCCCCCCCCCCCCCCCCCCCCCCCC. The van der Waals surface area contributed by atoms with E-state index in [1.165, 1.54) is 161 Å². The Labute approximate surface area is 293 Å². The molecule has 0 heterocycles. The molecule has 0 fully saturated rings. The van der Waals surface area contributed by atoms with Crippen molar-refractivity contribution in [2.45, 2.75) is 244 Å². The second kappa shape index (κ2) is 37.9. The molecule has 0 aromatic carbocycles. The van der Waals surface area contributed by atoms with Crippen molar-refractivity contribution in [1.82, 2.24) is 5.32 Å². The van der Waals surface area contributed by atoms with Crippen molar-refractivity contribution in [1.29, 1.82) is 0 Å². The van der Waals surface area contributed by atoms with Gasteiger partial charge in [-0.15, -0.1) is 0 Å². The highest BCUT2D eigenvalue weighted by Gasteiger charge is 2.26. The molecule has 5 nitrogen and oxygen atoms in total. The van der Waals surface area contributed by atoms with E-state index in [1.54, 1.807) is 0 Å². The smallest absolute Gasteiger partial charge is 0.220 e. The quantitative estimate of drug-likeness (QED) is 0.0390. The number of amides is 1. The zero-order valence-electron chi connectivity index (χ0n) is 31.7. The second-order valence-corrected chi connectivity index (χ2v) is 14.5. The first kappa shape index (κ1) is 46.1. The maximum atomic E-state index is 12.4. The molecule has 0 rings (SSSR count). The van der Waals surface area contributed by atoms with Crippen LogP contribution in [-0.2, 0) is 4.79 Å². The highest BCUT2D eigenvalue weighted by molar-refractivity contribution is 5.76. The van der Waals surface area contributed by atoms with Crippen molar-refractivity contribution in [3.63, 3.8) is 0 Å². The molecular formula is C42H83NO4. The minimum atomic E-state index is -1.15. The number of unbranched alkanes of at least 4 members (excludes halogenated alkanes) is 28. The van der Waals surface area contributed by atoms with Crippen molar-refractivity contribution >= 4 is 5.91 Å². The van der Waals surface area contributed by atoms with Gasteiger partial charge in [-0.3, -0.25) is 4.79 Å². The third-order valence-electron chi connectivity index (χ3n) is 9.87. The molecular weight excluding hydrogens is 582 g/mol. The average Bonchev–Trinajstić information content (AvgIpc) is 3.07. The lowest BCUT2D eigenvalue weighted by atomic mass is 10.0. The average molecular weight is 666 g/mol. The maximum absolute atomic E-state index is 12.4. The van der Waals surface area contributed by atoms with Crippen LogP contribution in [0, 0.1) is 0 Å². The summed E-state index contributed by atoms with van der Waals surface area (Å²) in [6.07, 6.45) is 43.5. The first-order valence-electron chi connectivity index (χ1n) is 21.0. The van der Waals surface area contributed by atoms with Crippen LogP contribution in [-0.4, -0.2) is 46.1 Å². The van der Waals surface area contributed by atoms with E-state index >= 15 is 0 Å². The number of carbonyl (C=O) groups excluding carboxylic acids is 1. The number of rotatable bonds is 38. The lowest BCUT2D eigenvalue weighted by molar-refractivity contribution is -0.124. The number of hydrogen-bond donors (Lipinski definition) is 4. The van der Waals surface area contributed by atoms with Gasteiger partial charge in [-0.1, -0.05) is 193 Å². The highest BCUT2D eigenvalue weighted by Crippen LogP contribution is 2.16. The van der Waals surface area contributed by atoms with Gasteiger partial charge >= 0.3 is 0 Å². The fourth-order valence-electron chi connectivity index (χ4n) is 6.57. The van der Waals surface area contributed by atoms with Crippen LogP contribution in [0.15, 0.2) is 12.2 Å². The number of aliphatic hydroxyl groups excluding tert-OH is 3. The molecule has 0 aliphatic heterocycles. The third kappa shape index (κ3) is 33.4. The summed E-state index contributed by atoms with van der Waals surface area (Å²) in [6, 6.07) is -0.818. The zero-order valence-corrected chi connectivity index (χ0v) is 31.7. The minimum Gasteiger partial charge on any atom is -0.394 e. The molecule has 0 aromatic heterocycles. The number of allylic oxidation sites excluding steroid dienone is 2. The Morgan fingerprint density at radius 2 is 0.851 bits per heavy atom. The van der Waals surface area contributed by atoms with Crippen LogP contribution in [0.1, 0.15) is 226 Å². The highest BCUT2D eigenvalue weighted by atomic mass is 16.3. The van der Waals surface area contributed by atoms with Crippen molar-refractivity contribution < 1.29 is 20.1 Å². The van der Waals surface area contributed by atoms with E-state index in [-0.39, 0.29) is 12.5 Å². The Hall–Kier alpha value is -0.910. The first-order valence-corrected chi connectivity index (χ1v) is 21.0. The number of aliphatic hydroxyl groups is 3. The van der Waals surface area contributed by atoms with Crippen molar-refractivity contribution in [2.24, 2.45) is 0 Å². The molecule has 47 heavy (non-hydrogen) atoms. The summed E-state index contributed by atoms with van der Waals surface area (Å²) in [4.78, 5) is 12.4. The summed E-state index contributed by atoms with van der Waals surface area (Å²) in [5.41, 5.74) is 0. The molecule has 0 bridgehead atoms. The molecule has 0 aromatic rings. The second-order valence-electron chi connectivity index (χ2n) is 14.5. The van der Waals surface area contributed by atoms with E-state index in [0.29, 0.717) is 12.8 Å². The van der Waals surface area contributed by atoms with Gasteiger partial charge in [-0.2, -0.15) is 0 Å². The Balaban J connectivity index is 3.50. The molecule has 3 atom stereocenters. The molecule has 280 valence electrons. The third-order valence-corrected chi connectivity index (χ3v) is 9.87. The van der Waals surface area contributed by atoms with Gasteiger partial charge in [0, 0.05) is 6.42 Å². The molecule has 0 saturated carbocycles. The minimum absolute atomic E-state index is 0.153. The summed E-state index contributed by atoms with van der Waals surface area (Å²) in [6.45, 7) is 4.12. The zero-order chi connectivity index (χ0) is 34.5. The van der Waals surface area contributed by atoms with Crippen LogP contribution < -0.4 is 5.32 Å². The van der Waals surface area contributed by atoms with Crippen molar-refractivity contribution in [3.8, 4) is 0 Å². The molecule has 0 aliphatic carbocycles. The fourth-order valence-corrected chi connectivity index (χ4v) is 6.57. The predicted octanol–water partition coefficient (Wildman–Crippen LogP) is 11.7. The number of nitrogens with one attached hydrogen (secondary N) is 1. The monoisotopic (exact) mass is 666 g/mol. The van der Waals surface area contributed by atoms with Gasteiger partial charge in [0.2, 0.25) is 5.91 Å². The first-order chi connectivity index (χ1) is 23.1. The molecule has 1 amide bonds. The largest absolute Gasteiger partial charge is 0.394 e. The van der Waals surface area contributed by atoms with Crippen LogP contribution in [0.5, 0.6) is 0 Å². The van der Waals surface area contributed by atoms with Gasteiger partial charge in [-0.25, -0.2) is 0 Å². The summed E-state index contributed by atoms with van der Waals surface area (Å²) >= 11 is 0. The van der Waals surface area contributed by atoms with Gasteiger partial charge in [0.25, 0.3) is 0 Å². The lowest BCUT2D eigenvalue weighted by Crippen LogP contribution is -2.50. The Morgan fingerprint density at radius 1 is 0.511 bits per heavy atom. The van der Waals surface area contributed by atoms with E-state index in [4.69, 9.17) is 0 Å². The molecule has 5 heteroatoms. The Bertz CT molecular complexity index is 655. The molecule has 4 N–H and O–H groups in total. The molecule has 0 aliphatic rings. The van der Waals surface area contributed by atoms with Gasteiger partial charge in [0.15, 0.2) is 0 Å². The van der Waals surface area contributed by atoms with Crippen LogP contribution in [0.25, 0.3) is 0 Å². The summed E-state index contributed by atoms with van der Waals surface area (Å²) in [7, 11) is 0. The topological polar surface area (TPSA) is 89.8 Å². The summed E-state index contributed by atoms with van der Waals surface area (Å²) in [5.74, 6) is -0.153. The van der Waals surface area contributed by atoms with Gasteiger partial charge < -0.3 is 20.6 Å². The van der Waals surface area contributed by atoms with E-state index in [0.717, 1.165) is 38.5 Å². The molecule has 0 spiro atoms. The molecule has 0 radical (unpaired) electrons. The lowest BCUT2D eigenvalue weighted by Gasteiger charge is -2.26.